The fourth-order valence-corrected chi connectivity index (χ4v) is 2.48. The van der Waals surface area contributed by atoms with Crippen LogP contribution in [0.25, 0.3) is 11.3 Å². The Labute approximate surface area is 155 Å². The van der Waals surface area contributed by atoms with Crippen LogP contribution in [-0.2, 0) is 6.54 Å². The number of amidine groups is 1. The normalized spacial score (nSPS) is 11.3. The molecule has 7 heteroatoms. The Hall–Kier alpha value is -3.12. The van der Waals surface area contributed by atoms with E-state index in [1.165, 1.54) is 6.07 Å². The minimum atomic E-state index is -0.250. The number of H-pyrrole nitrogens is 1. The van der Waals surface area contributed by atoms with E-state index >= 15 is 0 Å². The number of nitrogens with one attached hydrogen (secondary N) is 2. The Morgan fingerprint density at radius 2 is 1.96 bits per heavy atom. The standard InChI is InChI=1S/C19H18ClN5O/c20-11-18(21)23-17-10-14(15-8-9-19(26)25-24-15)6-7-16(17)22-12-13-4-2-1-3-5-13/h1-10,22H,11-12H2,(H2,21,23)(H,25,26). The summed E-state index contributed by atoms with van der Waals surface area (Å²) in [6.07, 6.45) is 0. The SMILES string of the molecule is NC(CCl)=Nc1cc(-c2ccc(=O)[nH]n2)ccc1NCc1ccccc1. The molecule has 0 aliphatic rings. The minimum Gasteiger partial charge on any atom is -0.386 e. The van der Waals surface area contributed by atoms with Gasteiger partial charge in [-0.25, -0.2) is 10.1 Å². The predicted octanol–water partition coefficient (Wildman–Crippen LogP) is 3.28. The number of hydrogen-bond donors (Lipinski definition) is 3. The summed E-state index contributed by atoms with van der Waals surface area (Å²) in [5.41, 5.74) is 9.66. The number of halogens is 1. The number of hydrogen-bond acceptors (Lipinski definition) is 4. The molecule has 6 nitrogen and oxygen atoms in total. The molecule has 1 aromatic heterocycles. The Morgan fingerprint density at radius 3 is 2.65 bits per heavy atom. The highest BCUT2D eigenvalue weighted by molar-refractivity contribution is 6.28. The van der Waals surface area contributed by atoms with E-state index in [9.17, 15) is 4.79 Å². The number of aromatic nitrogens is 2. The maximum absolute atomic E-state index is 11.2. The first-order valence-electron chi connectivity index (χ1n) is 8.02. The quantitative estimate of drug-likeness (QED) is 0.354. The van der Waals surface area contributed by atoms with E-state index < -0.39 is 0 Å². The zero-order chi connectivity index (χ0) is 18.4. The van der Waals surface area contributed by atoms with Gasteiger partial charge in [-0.3, -0.25) is 4.79 Å². The first-order chi connectivity index (χ1) is 12.7. The van der Waals surface area contributed by atoms with Gasteiger partial charge >= 0.3 is 0 Å². The van der Waals surface area contributed by atoms with E-state index in [-0.39, 0.29) is 11.4 Å². The van der Waals surface area contributed by atoms with Crippen molar-refractivity contribution in [3.63, 3.8) is 0 Å². The second kappa shape index (κ2) is 8.31. The van der Waals surface area contributed by atoms with Gasteiger partial charge in [-0.1, -0.05) is 36.4 Å². The molecule has 0 spiro atoms. The van der Waals surface area contributed by atoms with Crippen LogP contribution in [0.1, 0.15) is 5.56 Å². The van der Waals surface area contributed by atoms with Crippen LogP contribution in [0, 0.1) is 0 Å². The van der Waals surface area contributed by atoms with Crippen molar-refractivity contribution in [2.24, 2.45) is 10.7 Å². The van der Waals surface area contributed by atoms with Crippen molar-refractivity contribution in [1.82, 2.24) is 10.2 Å². The van der Waals surface area contributed by atoms with E-state index in [1.807, 2.05) is 48.5 Å². The van der Waals surface area contributed by atoms with Crippen molar-refractivity contribution in [1.29, 1.82) is 0 Å². The zero-order valence-electron chi connectivity index (χ0n) is 13.9. The van der Waals surface area contributed by atoms with Crippen molar-refractivity contribution < 1.29 is 0 Å². The minimum absolute atomic E-state index is 0.138. The third-order valence-corrected chi connectivity index (χ3v) is 3.97. The summed E-state index contributed by atoms with van der Waals surface area (Å²) < 4.78 is 0. The maximum atomic E-state index is 11.2. The molecule has 2 aromatic carbocycles. The Balaban J connectivity index is 1.92. The highest BCUT2D eigenvalue weighted by atomic mass is 35.5. The summed E-state index contributed by atoms with van der Waals surface area (Å²) in [5.74, 6) is 0.459. The smallest absolute Gasteiger partial charge is 0.264 e. The number of aliphatic imine (C=N–C) groups is 1. The van der Waals surface area contributed by atoms with Crippen molar-refractivity contribution in [3.05, 3.63) is 76.6 Å². The summed E-state index contributed by atoms with van der Waals surface area (Å²) in [7, 11) is 0. The van der Waals surface area contributed by atoms with Crippen molar-refractivity contribution in [2.45, 2.75) is 6.54 Å². The number of aromatic amines is 1. The summed E-state index contributed by atoms with van der Waals surface area (Å²) in [6, 6.07) is 18.8. The van der Waals surface area contributed by atoms with Gasteiger partial charge in [0.15, 0.2) is 0 Å². The fraction of sp³-hybridized carbons (Fsp3) is 0.105. The lowest BCUT2D eigenvalue weighted by Gasteiger charge is -2.12. The number of anilines is 1. The number of benzene rings is 2. The predicted molar refractivity (Wildman–Crippen MR) is 106 cm³/mol. The van der Waals surface area contributed by atoms with Gasteiger partial charge in [0.2, 0.25) is 0 Å². The Bertz CT molecular complexity index is 949. The van der Waals surface area contributed by atoms with Gasteiger partial charge in [0.05, 0.1) is 22.9 Å². The lowest BCUT2D eigenvalue weighted by molar-refractivity contribution is 0.995. The van der Waals surface area contributed by atoms with Gasteiger partial charge in [-0.15, -0.1) is 11.6 Å². The average molecular weight is 368 g/mol. The van der Waals surface area contributed by atoms with Crippen LogP contribution in [0.4, 0.5) is 11.4 Å². The molecule has 0 saturated carbocycles. The molecule has 0 fully saturated rings. The molecule has 0 radical (unpaired) electrons. The van der Waals surface area contributed by atoms with Crippen molar-refractivity contribution >= 4 is 28.8 Å². The van der Waals surface area contributed by atoms with Crippen LogP contribution in [0.15, 0.2) is 70.5 Å². The first-order valence-corrected chi connectivity index (χ1v) is 8.56. The highest BCUT2D eigenvalue weighted by Crippen LogP contribution is 2.30. The second-order valence-corrected chi connectivity index (χ2v) is 5.88. The molecule has 0 saturated heterocycles. The first kappa shape index (κ1) is 17.7. The summed E-state index contributed by atoms with van der Waals surface area (Å²) in [5, 5.41) is 9.84. The van der Waals surface area contributed by atoms with Gasteiger partial charge in [-0.05, 0) is 23.8 Å². The van der Waals surface area contributed by atoms with Gasteiger partial charge in [-0.2, -0.15) is 5.10 Å². The van der Waals surface area contributed by atoms with Gasteiger partial charge < -0.3 is 11.1 Å². The molecule has 0 atom stereocenters. The van der Waals surface area contributed by atoms with E-state index in [0.717, 1.165) is 16.8 Å². The fourth-order valence-electron chi connectivity index (χ4n) is 2.42. The van der Waals surface area contributed by atoms with Crippen LogP contribution in [0.5, 0.6) is 0 Å². The Kier molecular flexibility index (Phi) is 5.66. The Morgan fingerprint density at radius 1 is 1.15 bits per heavy atom. The molecule has 0 aliphatic heterocycles. The highest BCUT2D eigenvalue weighted by Gasteiger charge is 2.07. The number of nitrogens with two attached hydrogens (primary N) is 1. The van der Waals surface area contributed by atoms with Gasteiger partial charge in [0.25, 0.3) is 5.56 Å². The molecular formula is C19H18ClN5O. The zero-order valence-corrected chi connectivity index (χ0v) is 14.7. The van der Waals surface area contributed by atoms with E-state index in [2.05, 4.69) is 20.5 Å². The molecule has 132 valence electrons. The topological polar surface area (TPSA) is 96.2 Å². The molecule has 0 aliphatic carbocycles. The van der Waals surface area contributed by atoms with E-state index in [0.29, 0.717) is 23.8 Å². The summed E-state index contributed by atoms with van der Waals surface area (Å²) in [4.78, 5) is 15.6. The summed E-state index contributed by atoms with van der Waals surface area (Å²) >= 11 is 5.77. The molecule has 0 amide bonds. The molecule has 3 rings (SSSR count). The lowest BCUT2D eigenvalue weighted by atomic mass is 10.1. The molecule has 0 unspecified atom stereocenters. The average Bonchev–Trinajstić information content (AvgIpc) is 2.68. The molecule has 0 bridgehead atoms. The van der Waals surface area contributed by atoms with Crippen LogP contribution in [-0.4, -0.2) is 21.9 Å². The molecular weight excluding hydrogens is 350 g/mol. The van der Waals surface area contributed by atoms with E-state index in [4.69, 9.17) is 17.3 Å². The van der Waals surface area contributed by atoms with Gasteiger partial charge in [0.1, 0.15) is 5.84 Å². The number of nitrogens with zero attached hydrogens (tertiary/aromatic N) is 2. The molecule has 1 heterocycles. The van der Waals surface area contributed by atoms with E-state index in [1.54, 1.807) is 6.07 Å². The number of alkyl halides is 1. The third kappa shape index (κ3) is 4.49. The van der Waals surface area contributed by atoms with Crippen molar-refractivity contribution in [2.75, 3.05) is 11.2 Å². The van der Waals surface area contributed by atoms with Crippen molar-refractivity contribution in [3.8, 4) is 11.3 Å². The monoisotopic (exact) mass is 367 g/mol. The van der Waals surface area contributed by atoms with Crippen LogP contribution in [0.3, 0.4) is 0 Å². The molecule has 3 aromatic rings. The number of rotatable bonds is 6. The van der Waals surface area contributed by atoms with Crippen LogP contribution in [0.2, 0.25) is 0 Å². The lowest BCUT2D eigenvalue weighted by Crippen LogP contribution is -2.12. The van der Waals surface area contributed by atoms with Crippen LogP contribution < -0.4 is 16.6 Å². The molecule has 26 heavy (non-hydrogen) atoms. The second-order valence-electron chi connectivity index (χ2n) is 5.61. The summed E-state index contributed by atoms with van der Waals surface area (Å²) in [6.45, 7) is 0.653. The maximum Gasteiger partial charge on any atom is 0.264 e. The molecule has 4 N–H and O–H groups in total. The third-order valence-electron chi connectivity index (χ3n) is 3.70. The largest absolute Gasteiger partial charge is 0.386 e. The van der Waals surface area contributed by atoms with Gasteiger partial charge in [0, 0.05) is 18.2 Å². The van der Waals surface area contributed by atoms with Crippen LogP contribution >= 0.6 is 11.6 Å².